The van der Waals surface area contributed by atoms with Crippen LogP contribution in [-0.2, 0) is 0 Å². The number of fused-ring (bicyclic) bond motifs is 1. The molecule has 0 fully saturated rings. The number of rotatable bonds is 3. The number of aromatic nitrogens is 1. The lowest BCUT2D eigenvalue weighted by Gasteiger charge is -2.10. The first kappa shape index (κ1) is 14.0. The van der Waals surface area contributed by atoms with Crippen molar-refractivity contribution < 1.29 is 9.66 Å². The highest BCUT2D eigenvalue weighted by Crippen LogP contribution is 2.31. The van der Waals surface area contributed by atoms with E-state index in [1.807, 2.05) is 26.0 Å². The minimum atomic E-state index is -0.433. The van der Waals surface area contributed by atoms with Crippen LogP contribution in [0.4, 0.5) is 5.69 Å². The topological polar surface area (TPSA) is 65.3 Å². The summed E-state index contributed by atoms with van der Waals surface area (Å²) in [4.78, 5) is 14.6. The molecular formula is C17H14N2O3. The van der Waals surface area contributed by atoms with E-state index >= 15 is 0 Å². The van der Waals surface area contributed by atoms with Gasteiger partial charge in [0.05, 0.1) is 10.4 Å². The van der Waals surface area contributed by atoms with Crippen LogP contribution in [0.15, 0.2) is 48.7 Å². The highest BCUT2D eigenvalue weighted by molar-refractivity contribution is 5.86. The van der Waals surface area contributed by atoms with Crippen molar-refractivity contribution in [2.45, 2.75) is 13.8 Å². The van der Waals surface area contributed by atoms with Crippen molar-refractivity contribution >= 4 is 16.6 Å². The van der Waals surface area contributed by atoms with Gasteiger partial charge in [0.1, 0.15) is 11.5 Å². The first-order valence-electron chi connectivity index (χ1n) is 6.83. The molecule has 0 aliphatic heterocycles. The Labute approximate surface area is 127 Å². The SMILES string of the molecule is Cc1cc2nccc(Oc3ccc([N+](=O)[O-])cc3)c2cc1C. The normalized spacial score (nSPS) is 10.6. The molecule has 0 aliphatic rings. The van der Waals surface area contributed by atoms with Gasteiger partial charge in [-0.25, -0.2) is 0 Å². The number of benzene rings is 2. The number of hydrogen-bond acceptors (Lipinski definition) is 4. The predicted molar refractivity (Wildman–Crippen MR) is 84.4 cm³/mol. The average molecular weight is 294 g/mol. The minimum absolute atomic E-state index is 0.0402. The first-order chi connectivity index (χ1) is 10.5. The molecule has 5 nitrogen and oxygen atoms in total. The standard InChI is InChI=1S/C17H14N2O3/c1-11-9-15-16(10-12(11)2)18-8-7-17(15)22-14-5-3-13(4-6-14)19(20)21/h3-10H,1-2H3. The molecule has 22 heavy (non-hydrogen) atoms. The second-order valence-electron chi connectivity index (χ2n) is 5.12. The molecule has 0 bridgehead atoms. The van der Waals surface area contributed by atoms with Crippen molar-refractivity contribution in [3.63, 3.8) is 0 Å². The van der Waals surface area contributed by atoms with Gasteiger partial charge in [-0.1, -0.05) is 0 Å². The second-order valence-corrected chi connectivity index (χ2v) is 5.12. The molecule has 0 unspecified atom stereocenters. The first-order valence-corrected chi connectivity index (χ1v) is 6.83. The third-order valence-electron chi connectivity index (χ3n) is 3.59. The minimum Gasteiger partial charge on any atom is -0.457 e. The molecular weight excluding hydrogens is 280 g/mol. The lowest BCUT2D eigenvalue weighted by atomic mass is 10.1. The molecule has 0 aliphatic carbocycles. The Morgan fingerprint density at radius 1 is 1.05 bits per heavy atom. The second kappa shape index (κ2) is 5.44. The Morgan fingerprint density at radius 2 is 1.73 bits per heavy atom. The van der Waals surface area contributed by atoms with Gasteiger partial charge in [-0.05, 0) is 55.3 Å². The summed E-state index contributed by atoms with van der Waals surface area (Å²) >= 11 is 0. The lowest BCUT2D eigenvalue weighted by Crippen LogP contribution is -1.91. The van der Waals surface area contributed by atoms with Crippen molar-refractivity contribution in [1.29, 1.82) is 0 Å². The zero-order valence-electron chi connectivity index (χ0n) is 12.2. The van der Waals surface area contributed by atoms with Crippen LogP contribution in [0.5, 0.6) is 11.5 Å². The van der Waals surface area contributed by atoms with Crippen LogP contribution < -0.4 is 4.74 Å². The lowest BCUT2D eigenvalue weighted by molar-refractivity contribution is -0.384. The number of non-ortho nitro benzene ring substituents is 1. The maximum absolute atomic E-state index is 10.7. The molecule has 1 heterocycles. The van der Waals surface area contributed by atoms with Gasteiger partial charge in [-0.3, -0.25) is 15.1 Å². The quantitative estimate of drug-likeness (QED) is 0.525. The number of nitro benzene ring substituents is 1. The molecule has 1 aromatic heterocycles. The molecule has 110 valence electrons. The van der Waals surface area contributed by atoms with Crippen LogP contribution in [0.3, 0.4) is 0 Å². The van der Waals surface area contributed by atoms with Gasteiger partial charge in [0.25, 0.3) is 5.69 Å². The molecule has 0 radical (unpaired) electrons. The van der Waals surface area contributed by atoms with E-state index < -0.39 is 4.92 Å². The summed E-state index contributed by atoms with van der Waals surface area (Å²) in [5.41, 5.74) is 3.24. The number of ether oxygens (including phenoxy) is 1. The average Bonchev–Trinajstić information content (AvgIpc) is 2.50. The number of nitrogens with zero attached hydrogens (tertiary/aromatic N) is 2. The molecule has 2 aromatic carbocycles. The zero-order valence-corrected chi connectivity index (χ0v) is 12.2. The zero-order chi connectivity index (χ0) is 15.7. The number of nitro groups is 1. The Morgan fingerprint density at radius 3 is 2.41 bits per heavy atom. The van der Waals surface area contributed by atoms with Gasteiger partial charge in [0, 0.05) is 23.7 Å². The van der Waals surface area contributed by atoms with Crippen LogP contribution in [0.1, 0.15) is 11.1 Å². The predicted octanol–water partition coefficient (Wildman–Crippen LogP) is 4.55. The molecule has 0 atom stereocenters. The molecule has 0 spiro atoms. The van der Waals surface area contributed by atoms with Crippen molar-refractivity contribution in [2.24, 2.45) is 0 Å². The van der Waals surface area contributed by atoms with Crippen LogP contribution in [0, 0.1) is 24.0 Å². The summed E-state index contributed by atoms with van der Waals surface area (Å²) in [6.07, 6.45) is 1.69. The van der Waals surface area contributed by atoms with Gasteiger partial charge in [0.15, 0.2) is 0 Å². The third-order valence-corrected chi connectivity index (χ3v) is 3.59. The van der Waals surface area contributed by atoms with E-state index in [1.165, 1.54) is 17.7 Å². The van der Waals surface area contributed by atoms with E-state index in [9.17, 15) is 10.1 Å². The summed E-state index contributed by atoms with van der Waals surface area (Å²) in [6.45, 7) is 4.08. The molecule has 0 amide bonds. The Balaban J connectivity index is 2.00. The van der Waals surface area contributed by atoms with Crippen LogP contribution in [-0.4, -0.2) is 9.91 Å². The van der Waals surface area contributed by atoms with Crippen molar-refractivity contribution in [2.75, 3.05) is 0 Å². The van der Waals surface area contributed by atoms with E-state index in [4.69, 9.17) is 4.74 Å². The Hall–Kier alpha value is -2.95. The van der Waals surface area contributed by atoms with Crippen molar-refractivity contribution in [1.82, 2.24) is 4.98 Å². The Bertz CT molecular complexity index is 858. The number of pyridine rings is 1. The van der Waals surface area contributed by atoms with E-state index in [0.717, 1.165) is 16.5 Å². The van der Waals surface area contributed by atoms with E-state index in [-0.39, 0.29) is 5.69 Å². The number of hydrogen-bond donors (Lipinski definition) is 0. The Kier molecular flexibility index (Phi) is 3.47. The fourth-order valence-corrected chi connectivity index (χ4v) is 2.23. The molecule has 0 N–H and O–H groups in total. The third kappa shape index (κ3) is 2.61. The fraction of sp³-hybridized carbons (Fsp3) is 0.118. The van der Waals surface area contributed by atoms with Gasteiger partial charge < -0.3 is 4.74 Å². The summed E-state index contributed by atoms with van der Waals surface area (Å²) in [5, 5.41) is 11.6. The monoisotopic (exact) mass is 294 g/mol. The molecule has 0 saturated heterocycles. The molecule has 0 saturated carbocycles. The van der Waals surface area contributed by atoms with Crippen molar-refractivity contribution in [3.05, 3.63) is 69.9 Å². The van der Waals surface area contributed by atoms with Gasteiger partial charge in [0.2, 0.25) is 0 Å². The molecule has 5 heteroatoms. The summed E-state index contributed by atoms with van der Waals surface area (Å²) in [7, 11) is 0. The number of aryl methyl sites for hydroxylation is 2. The van der Waals surface area contributed by atoms with E-state index in [0.29, 0.717) is 11.5 Å². The fourth-order valence-electron chi connectivity index (χ4n) is 2.23. The van der Waals surface area contributed by atoms with Crippen molar-refractivity contribution in [3.8, 4) is 11.5 Å². The summed E-state index contributed by atoms with van der Waals surface area (Å²) in [6, 6.07) is 11.9. The molecule has 3 rings (SSSR count). The smallest absolute Gasteiger partial charge is 0.269 e. The summed E-state index contributed by atoms with van der Waals surface area (Å²) < 4.78 is 5.86. The van der Waals surface area contributed by atoms with E-state index in [2.05, 4.69) is 4.98 Å². The van der Waals surface area contributed by atoms with Gasteiger partial charge in [-0.2, -0.15) is 0 Å². The molecule has 3 aromatic rings. The van der Waals surface area contributed by atoms with Crippen LogP contribution in [0.2, 0.25) is 0 Å². The van der Waals surface area contributed by atoms with Gasteiger partial charge in [-0.15, -0.1) is 0 Å². The van der Waals surface area contributed by atoms with Gasteiger partial charge >= 0.3 is 0 Å². The summed E-state index contributed by atoms with van der Waals surface area (Å²) in [5.74, 6) is 1.23. The highest BCUT2D eigenvalue weighted by atomic mass is 16.6. The van der Waals surface area contributed by atoms with Crippen LogP contribution in [0.25, 0.3) is 10.9 Å². The largest absolute Gasteiger partial charge is 0.457 e. The van der Waals surface area contributed by atoms with E-state index in [1.54, 1.807) is 24.4 Å². The maximum Gasteiger partial charge on any atom is 0.269 e. The van der Waals surface area contributed by atoms with Crippen LogP contribution >= 0.6 is 0 Å². The maximum atomic E-state index is 10.7. The highest BCUT2D eigenvalue weighted by Gasteiger charge is 2.08.